The minimum atomic E-state index is -0.676. The first-order chi connectivity index (χ1) is 10.4. The van der Waals surface area contributed by atoms with Crippen molar-refractivity contribution in [3.63, 3.8) is 0 Å². The van der Waals surface area contributed by atoms with E-state index >= 15 is 0 Å². The summed E-state index contributed by atoms with van der Waals surface area (Å²) in [6.45, 7) is 6.64. The summed E-state index contributed by atoms with van der Waals surface area (Å²) in [4.78, 5) is 17.4. The van der Waals surface area contributed by atoms with E-state index in [0.29, 0.717) is 18.9 Å². The molecular weight excluding hydrogens is 278 g/mol. The van der Waals surface area contributed by atoms with E-state index in [2.05, 4.69) is 17.1 Å². The number of carbonyl (C=O) groups excluding carboxylic acids is 1. The highest BCUT2D eigenvalue weighted by molar-refractivity contribution is 5.99. The van der Waals surface area contributed by atoms with Crippen molar-refractivity contribution in [3.8, 4) is 0 Å². The van der Waals surface area contributed by atoms with Gasteiger partial charge in [0.05, 0.1) is 18.1 Å². The fourth-order valence-corrected chi connectivity index (χ4v) is 3.44. The van der Waals surface area contributed by atoms with E-state index in [-0.39, 0.29) is 17.2 Å². The molecule has 4 nitrogen and oxygen atoms in total. The van der Waals surface area contributed by atoms with Crippen LogP contribution in [0.2, 0.25) is 0 Å². The Morgan fingerprint density at radius 3 is 2.73 bits per heavy atom. The number of hydrogen-bond donors (Lipinski definition) is 0. The molecule has 0 aromatic heterocycles. The Hall–Kier alpha value is -1.84. The van der Waals surface area contributed by atoms with Crippen molar-refractivity contribution >= 4 is 11.7 Å². The van der Waals surface area contributed by atoms with Gasteiger partial charge < -0.3 is 9.47 Å². The second-order valence-electron chi connectivity index (χ2n) is 6.95. The molecule has 118 valence electrons. The molecular formula is C18H23NO3. The third kappa shape index (κ3) is 2.21. The summed E-state index contributed by atoms with van der Waals surface area (Å²) < 4.78 is 11.3. The van der Waals surface area contributed by atoms with Gasteiger partial charge in [0.15, 0.2) is 0 Å². The van der Waals surface area contributed by atoms with Crippen molar-refractivity contribution in [1.82, 2.24) is 0 Å². The number of carbonyl (C=O) groups is 1. The van der Waals surface area contributed by atoms with E-state index in [4.69, 9.17) is 9.47 Å². The van der Waals surface area contributed by atoms with Gasteiger partial charge in [-0.15, -0.1) is 0 Å². The Kier molecular flexibility index (Phi) is 3.50. The molecule has 0 N–H and O–H groups in total. The lowest BCUT2D eigenvalue weighted by Gasteiger charge is -2.38. The quantitative estimate of drug-likeness (QED) is 0.736. The van der Waals surface area contributed by atoms with Crippen LogP contribution < -0.4 is 0 Å². The summed E-state index contributed by atoms with van der Waals surface area (Å²) >= 11 is 0. The number of methoxy groups -OCH3 is 1. The van der Waals surface area contributed by atoms with Crippen molar-refractivity contribution in [2.75, 3.05) is 13.7 Å². The van der Waals surface area contributed by atoms with Crippen LogP contribution in [-0.2, 0) is 14.3 Å². The highest BCUT2D eigenvalue weighted by Crippen LogP contribution is 2.47. The lowest BCUT2D eigenvalue weighted by molar-refractivity contribution is -0.128. The Morgan fingerprint density at radius 2 is 2.09 bits per heavy atom. The maximum Gasteiger partial charge on any atom is 0.213 e. The van der Waals surface area contributed by atoms with Gasteiger partial charge in [0, 0.05) is 17.9 Å². The Bertz CT molecular complexity index is 624. The number of Topliss-reactive ketones (excluding diaryl/α,β-unsaturated/α-hetero) is 1. The Labute approximate surface area is 131 Å². The predicted octanol–water partition coefficient (Wildman–Crippen LogP) is 3.21. The van der Waals surface area contributed by atoms with E-state index in [0.717, 1.165) is 17.8 Å². The van der Waals surface area contributed by atoms with Gasteiger partial charge in [-0.3, -0.25) is 4.79 Å². The fourth-order valence-electron chi connectivity index (χ4n) is 3.44. The van der Waals surface area contributed by atoms with Gasteiger partial charge in [-0.2, -0.15) is 0 Å². The van der Waals surface area contributed by atoms with Gasteiger partial charge in [0.1, 0.15) is 18.1 Å². The molecule has 22 heavy (non-hydrogen) atoms. The van der Waals surface area contributed by atoms with Crippen LogP contribution in [0.3, 0.4) is 0 Å². The van der Waals surface area contributed by atoms with Crippen molar-refractivity contribution in [3.05, 3.63) is 35.6 Å². The molecule has 3 rings (SSSR count). The molecule has 0 amide bonds. The molecule has 0 bridgehead atoms. The van der Waals surface area contributed by atoms with Gasteiger partial charge in [-0.05, 0) is 39.3 Å². The topological polar surface area (TPSA) is 47.9 Å². The molecule has 0 aromatic carbocycles. The molecule has 1 aliphatic heterocycles. The molecule has 2 atom stereocenters. The van der Waals surface area contributed by atoms with Crippen molar-refractivity contribution in [2.24, 2.45) is 16.3 Å². The summed E-state index contributed by atoms with van der Waals surface area (Å²) in [6.07, 6.45) is 9.37. The number of fused-ring (bicyclic) bond motifs is 1. The third-order valence-corrected chi connectivity index (χ3v) is 4.76. The number of ether oxygens (including phenoxy) is 2. The van der Waals surface area contributed by atoms with Crippen LogP contribution in [0.15, 0.2) is 40.6 Å². The zero-order valence-corrected chi connectivity index (χ0v) is 13.7. The number of nitrogens with zero attached hydrogens (tertiary/aromatic N) is 1. The zero-order chi connectivity index (χ0) is 16.0. The number of rotatable bonds is 2. The summed E-state index contributed by atoms with van der Waals surface area (Å²) in [7, 11) is 1.63. The minimum absolute atomic E-state index is 0.0879. The monoisotopic (exact) mass is 301 g/mol. The highest BCUT2D eigenvalue weighted by atomic mass is 16.5. The Morgan fingerprint density at radius 1 is 1.32 bits per heavy atom. The number of ketones is 1. The first-order valence-electron chi connectivity index (χ1n) is 7.78. The van der Waals surface area contributed by atoms with Gasteiger partial charge in [-0.1, -0.05) is 12.2 Å². The van der Waals surface area contributed by atoms with Gasteiger partial charge in [0.25, 0.3) is 0 Å². The van der Waals surface area contributed by atoms with Crippen molar-refractivity contribution < 1.29 is 14.3 Å². The largest absolute Gasteiger partial charge is 0.500 e. The molecule has 3 aliphatic rings. The molecule has 4 heteroatoms. The van der Waals surface area contributed by atoms with E-state index < -0.39 is 5.41 Å². The minimum Gasteiger partial charge on any atom is -0.500 e. The average Bonchev–Trinajstić information content (AvgIpc) is 2.76. The van der Waals surface area contributed by atoms with E-state index in [1.54, 1.807) is 7.11 Å². The lowest BCUT2D eigenvalue weighted by Crippen LogP contribution is -2.40. The van der Waals surface area contributed by atoms with E-state index in [1.807, 2.05) is 32.9 Å². The van der Waals surface area contributed by atoms with Crippen molar-refractivity contribution in [1.29, 1.82) is 0 Å². The number of allylic oxidation sites excluding steroid dienone is 5. The molecule has 1 heterocycles. The summed E-state index contributed by atoms with van der Waals surface area (Å²) in [5.74, 6) is 1.50. The standard InChI is InChI=1S/C18H23NO3/c1-17(2)11-22-16(19-17)12-9-10-15(21-4)18(3)13(12)7-5-6-8-14(18)20/h5,7,9-10,13H,6,8,11H2,1-4H3/t13-,18+/m1/s1. The summed E-state index contributed by atoms with van der Waals surface area (Å²) in [5.41, 5.74) is 0.0844. The summed E-state index contributed by atoms with van der Waals surface area (Å²) in [5, 5.41) is 0. The molecule has 0 saturated carbocycles. The maximum absolute atomic E-state index is 12.8. The van der Waals surface area contributed by atoms with Crippen LogP contribution >= 0.6 is 0 Å². The first-order valence-corrected chi connectivity index (χ1v) is 7.78. The maximum atomic E-state index is 12.8. The third-order valence-electron chi connectivity index (χ3n) is 4.76. The number of hydrogen-bond acceptors (Lipinski definition) is 4. The normalized spacial score (nSPS) is 33.2. The number of aliphatic imine (C=N–C) groups is 1. The summed E-state index contributed by atoms with van der Waals surface area (Å²) in [6, 6.07) is 0. The Balaban J connectivity index is 2.10. The van der Waals surface area contributed by atoms with E-state index in [9.17, 15) is 4.79 Å². The molecule has 2 aliphatic carbocycles. The zero-order valence-electron chi connectivity index (χ0n) is 13.7. The van der Waals surface area contributed by atoms with Gasteiger partial charge in [-0.25, -0.2) is 4.99 Å². The van der Waals surface area contributed by atoms with Crippen molar-refractivity contribution in [2.45, 2.75) is 39.2 Å². The van der Waals surface area contributed by atoms with Crippen LogP contribution in [0, 0.1) is 11.3 Å². The molecule has 0 fully saturated rings. The molecule has 0 saturated heterocycles. The van der Waals surface area contributed by atoms with Crippen LogP contribution in [0.1, 0.15) is 33.6 Å². The predicted molar refractivity (Wildman–Crippen MR) is 85.6 cm³/mol. The molecule has 0 spiro atoms. The molecule has 0 unspecified atom stereocenters. The fraction of sp³-hybridized carbons (Fsp3) is 0.556. The first kappa shape index (κ1) is 15.1. The molecule has 0 aromatic rings. The second kappa shape index (κ2) is 5.11. The SMILES string of the molecule is COC1=CC=C(C2=NC(C)(C)CO2)[C@H]2C=CCCC(=O)[C@@]12C. The lowest BCUT2D eigenvalue weighted by atomic mass is 9.66. The smallest absolute Gasteiger partial charge is 0.213 e. The highest BCUT2D eigenvalue weighted by Gasteiger charge is 2.49. The van der Waals surface area contributed by atoms with Crippen LogP contribution in [0.5, 0.6) is 0 Å². The second-order valence-corrected chi connectivity index (χ2v) is 6.95. The van der Waals surface area contributed by atoms with E-state index in [1.165, 1.54) is 0 Å². The molecule has 0 radical (unpaired) electrons. The van der Waals surface area contributed by atoms with Gasteiger partial charge in [0.2, 0.25) is 5.90 Å². The van der Waals surface area contributed by atoms with Gasteiger partial charge >= 0.3 is 0 Å². The average molecular weight is 301 g/mol. The van der Waals surface area contributed by atoms with Crippen LogP contribution in [0.25, 0.3) is 0 Å². The van der Waals surface area contributed by atoms with Crippen LogP contribution in [-0.4, -0.2) is 30.9 Å². The van der Waals surface area contributed by atoms with Crippen LogP contribution in [0.4, 0.5) is 0 Å².